The molecule has 3 N–H and O–H groups in total. The fourth-order valence-electron chi connectivity index (χ4n) is 10.4. The van der Waals surface area contributed by atoms with Gasteiger partial charge in [-0.2, -0.15) is 0 Å². The topological polar surface area (TPSA) is 183 Å². The van der Waals surface area contributed by atoms with E-state index in [4.69, 9.17) is 24.1 Å². The van der Waals surface area contributed by atoms with Crippen molar-refractivity contribution in [2.45, 2.75) is 207 Å². The molecule has 0 heterocycles. The minimum Gasteiger partial charge on any atom is -0.456 e. The maximum atomic E-state index is 12.2. The zero-order chi connectivity index (χ0) is 63.7. The third-order valence-electron chi connectivity index (χ3n) is 15.2. The molecule has 0 radical (unpaired) electrons. The minimum absolute atomic E-state index is 0.0360. The largest absolute Gasteiger partial charge is 0.456 e. The van der Waals surface area contributed by atoms with Gasteiger partial charge in [-0.05, 0) is 178 Å². The summed E-state index contributed by atoms with van der Waals surface area (Å²) in [7, 11) is 0. The van der Waals surface area contributed by atoms with Gasteiger partial charge in [0.2, 0.25) is 0 Å². The summed E-state index contributed by atoms with van der Waals surface area (Å²) in [6, 6.07) is 35.0. The van der Waals surface area contributed by atoms with Crippen LogP contribution in [-0.2, 0) is 90.4 Å². The molecule has 0 aliphatic heterocycles. The third kappa shape index (κ3) is 20.8. The van der Waals surface area contributed by atoms with Crippen LogP contribution in [-0.4, -0.2) is 50.6 Å². The van der Waals surface area contributed by atoms with Crippen LogP contribution in [0.25, 0.3) is 10.8 Å². The molecule has 0 spiro atoms. The average Bonchev–Trinajstić information content (AvgIpc) is 2.99. The Morgan fingerprint density at radius 2 is 0.929 bits per heavy atom. The van der Waals surface area contributed by atoms with Gasteiger partial charge >= 0.3 is 23.9 Å². The Morgan fingerprint density at radius 1 is 0.494 bits per heavy atom. The van der Waals surface area contributed by atoms with E-state index in [0.29, 0.717) is 35.1 Å². The van der Waals surface area contributed by atoms with Crippen LogP contribution in [0.4, 0.5) is 0 Å². The molecule has 2 fully saturated rings. The number of carbonyl (C=O) groups excluding carboxylic acids is 5. The van der Waals surface area contributed by atoms with E-state index in [0.717, 1.165) is 107 Å². The summed E-state index contributed by atoms with van der Waals surface area (Å²) in [5.41, 5.74) is 4.79. The molecule has 0 aromatic heterocycles. The number of rotatable bonds is 18. The minimum atomic E-state index is -0.948. The zero-order valence-electron chi connectivity index (χ0n) is 52.9. The Bertz CT molecular complexity index is 3170. The summed E-state index contributed by atoms with van der Waals surface area (Å²) in [6.07, 6.45) is 11.1. The number of esters is 4. The molecule has 12 heteroatoms. The highest BCUT2D eigenvalue weighted by Crippen LogP contribution is 2.43. The Hall–Kier alpha value is -7.25. The van der Waals surface area contributed by atoms with Crippen LogP contribution in [0.15, 0.2) is 158 Å². The fraction of sp³-hybridized carbons (Fsp3) is 0.438. The monoisotopic (exact) mass is 1160 g/mol. The first-order chi connectivity index (χ1) is 39.5. The highest BCUT2D eigenvalue weighted by molar-refractivity contribution is 5.92. The molecule has 12 nitrogen and oxygen atoms in total. The maximum absolute atomic E-state index is 12.2. The normalized spacial score (nSPS) is 14.6. The van der Waals surface area contributed by atoms with Crippen molar-refractivity contribution >= 4 is 40.4 Å². The van der Waals surface area contributed by atoms with Crippen LogP contribution in [0.1, 0.15) is 199 Å². The molecule has 5 aromatic rings. The molecule has 0 amide bonds. The molecular formula is C73H94O12. The second kappa shape index (κ2) is 30.2. The van der Waals surface area contributed by atoms with Crippen molar-refractivity contribution in [2.24, 2.45) is 0 Å². The second-order valence-electron chi connectivity index (χ2n) is 25.2. The van der Waals surface area contributed by atoms with Gasteiger partial charge in [0, 0.05) is 40.7 Å². The summed E-state index contributed by atoms with van der Waals surface area (Å²) in [5, 5.41) is 32.2. The van der Waals surface area contributed by atoms with E-state index in [-0.39, 0.29) is 24.3 Å². The second-order valence-corrected chi connectivity index (χ2v) is 25.2. The Balaban J connectivity index is 0.000000245. The Morgan fingerprint density at radius 3 is 1.41 bits per heavy atom. The summed E-state index contributed by atoms with van der Waals surface area (Å²) < 4.78 is 22.3. The van der Waals surface area contributed by atoms with Gasteiger partial charge in [0.05, 0.1) is 17.8 Å². The van der Waals surface area contributed by atoms with Crippen LogP contribution in [0, 0.1) is 0 Å². The van der Waals surface area contributed by atoms with Crippen LogP contribution < -0.4 is 0 Å². The molecule has 7 rings (SSSR count). The Labute approximate surface area is 506 Å². The molecule has 0 saturated heterocycles. The molecular weight excluding hydrogens is 1070 g/mol. The van der Waals surface area contributed by atoms with Crippen molar-refractivity contribution in [3.8, 4) is 0 Å². The Kier molecular flexibility index (Phi) is 25.0. The van der Waals surface area contributed by atoms with E-state index in [2.05, 4.69) is 38.4 Å². The highest BCUT2D eigenvalue weighted by Gasteiger charge is 2.39. The first kappa shape index (κ1) is 70.2. The van der Waals surface area contributed by atoms with Gasteiger partial charge in [-0.1, -0.05) is 161 Å². The number of aliphatic hydroxyl groups excluding tert-OH is 1. The van der Waals surface area contributed by atoms with Crippen LogP contribution in [0.5, 0.6) is 0 Å². The van der Waals surface area contributed by atoms with Crippen LogP contribution in [0.2, 0.25) is 0 Å². The highest BCUT2D eigenvalue weighted by atomic mass is 16.6. The number of hydrogen-bond donors (Lipinski definition) is 3. The number of hydrogen-bond acceptors (Lipinski definition) is 12. The van der Waals surface area contributed by atoms with Crippen LogP contribution in [0.3, 0.4) is 0 Å². The predicted molar refractivity (Wildman–Crippen MR) is 338 cm³/mol. The van der Waals surface area contributed by atoms with E-state index in [1.54, 1.807) is 48.5 Å². The van der Waals surface area contributed by atoms with Gasteiger partial charge in [-0.25, -0.2) is 19.2 Å². The molecule has 5 aromatic carbocycles. The lowest BCUT2D eigenvalue weighted by Gasteiger charge is -2.38. The number of ketones is 1. The lowest BCUT2D eigenvalue weighted by molar-refractivity contribution is -0.160. The molecule has 85 heavy (non-hydrogen) atoms. The molecule has 2 aliphatic carbocycles. The zero-order valence-corrected chi connectivity index (χ0v) is 52.9. The smallest absolute Gasteiger partial charge is 0.333 e. The molecule has 0 unspecified atom stereocenters. The SMILES string of the molecule is C=C(C)C(=O)OC(C)(C)Cc1ccc(CO)cc1.C=C(C)C(=O)OC(C)(C)c1cccc(CC(C)=O)c1.C=C(C)C(=O)OC(C)(C)c1cccc2c(C(C)(C)O)cccc12.C=C(C)C(=O)OC1(c2ccc(C3(O)CCCCC3)cc2)CCCCC1. The lowest BCUT2D eigenvalue weighted by atomic mass is 9.76. The maximum Gasteiger partial charge on any atom is 0.333 e. The molecule has 0 atom stereocenters. The number of fused-ring (bicyclic) bond motifs is 1. The average molecular weight is 1160 g/mol. The number of benzene rings is 5. The van der Waals surface area contributed by atoms with Crippen molar-refractivity contribution in [1.82, 2.24) is 0 Å². The number of ether oxygens (including phenoxy) is 4. The van der Waals surface area contributed by atoms with Gasteiger partial charge in [-0.3, -0.25) is 4.79 Å². The predicted octanol–water partition coefficient (Wildman–Crippen LogP) is 15.3. The van der Waals surface area contributed by atoms with Crippen molar-refractivity contribution in [2.75, 3.05) is 0 Å². The summed E-state index contributed by atoms with van der Waals surface area (Å²) in [6.45, 7) is 37.3. The van der Waals surface area contributed by atoms with E-state index in [1.807, 2.05) is 139 Å². The van der Waals surface area contributed by atoms with Gasteiger partial charge < -0.3 is 34.3 Å². The van der Waals surface area contributed by atoms with E-state index in [1.165, 1.54) is 12.8 Å². The first-order valence-corrected chi connectivity index (χ1v) is 29.5. The van der Waals surface area contributed by atoms with E-state index < -0.39 is 45.5 Å². The van der Waals surface area contributed by atoms with Gasteiger partial charge in [-0.15, -0.1) is 0 Å². The van der Waals surface area contributed by atoms with Gasteiger partial charge in [0.25, 0.3) is 0 Å². The summed E-state index contributed by atoms with van der Waals surface area (Å²) in [4.78, 5) is 58.4. The standard InChI is InChI=1S/C22H30O3.C20H24O3.C16H20O3.C15H20O3/c1-17(2)20(23)25-22(15-7-4-8-16-22)19-11-9-18(10-12-19)21(24)13-5-3-6-14-21;1-13(2)18(21)23-20(5,6)17-12-8-9-14-15(17)10-7-11-16(14)19(3,4)22;1-11(2)15(18)19-16(4,5)14-8-6-7-13(10-14)9-12(3)17;1-11(2)14(17)18-15(3,4)9-12-5-7-13(10-16)8-6-12/h9-12,24H,1,3-8,13-16H2,2H3;7-12,22H,1H2,2-6H3;6-8,10H,1,9H2,2-5H3;5-8,16H,1,9-10H2,2-4H3. The molecule has 0 bridgehead atoms. The summed E-state index contributed by atoms with van der Waals surface area (Å²) >= 11 is 0. The first-order valence-electron chi connectivity index (χ1n) is 29.5. The lowest BCUT2D eigenvalue weighted by Crippen LogP contribution is -2.35. The van der Waals surface area contributed by atoms with Gasteiger partial charge in [0.15, 0.2) is 0 Å². The van der Waals surface area contributed by atoms with E-state index in [9.17, 15) is 34.2 Å². The molecule has 2 aliphatic rings. The fourth-order valence-corrected chi connectivity index (χ4v) is 10.4. The summed E-state index contributed by atoms with van der Waals surface area (Å²) in [5.74, 6) is -1.40. The third-order valence-corrected chi connectivity index (χ3v) is 15.2. The van der Waals surface area contributed by atoms with Crippen LogP contribution >= 0.6 is 0 Å². The molecule has 458 valence electrons. The van der Waals surface area contributed by atoms with Gasteiger partial charge in [0.1, 0.15) is 28.2 Å². The number of Topliss-reactive ketones (excluding diaryl/α,β-unsaturated/α-hetero) is 1. The van der Waals surface area contributed by atoms with Crippen molar-refractivity contribution in [3.05, 3.63) is 202 Å². The molecule has 2 saturated carbocycles. The van der Waals surface area contributed by atoms with E-state index >= 15 is 0 Å². The number of carbonyl (C=O) groups is 5. The van der Waals surface area contributed by atoms with Crippen molar-refractivity contribution < 1.29 is 58.2 Å². The quantitative estimate of drug-likeness (QED) is 0.0429. The van der Waals surface area contributed by atoms with Crippen molar-refractivity contribution in [3.63, 3.8) is 0 Å². The number of aliphatic hydroxyl groups is 3. The van der Waals surface area contributed by atoms with Crippen molar-refractivity contribution in [1.29, 1.82) is 0 Å².